The van der Waals surface area contributed by atoms with Crippen molar-refractivity contribution in [3.05, 3.63) is 58.6 Å². The number of carboxylic acid groups (broad SMARTS) is 1. The number of carboxylic acids is 1. The van der Waals surface area contributed by atoms with Crippen molar-refractivity contribution >= 4 is 52.2 Å². The Hall–Kier alpha value is -1.66. The maximum Gasteiger partial charge on any atom is 0.335 e. The van der Waals surface area contributed by atoms with Gasteiger partial charge in [-0.25, -0.2) is 4.79 Å². The Morgan fingerprint density at radius 1 is 1.15 bits per heavy atom. The summed E-state index contributed by atoms with van der Waals surface area (Å²) in [6.45, 7) is 6.73. The van der Waals surface area contributed by atoms with Crippen molar-refractivity contribution < 1.29 is 14.6 Å². The molecule has 7 heteroatoms. The zero-order chi connectivity index (χ0) is 18.7. The molecular weight excluding hydrogens is 393 g/mol. The van der Waals surface area contributed by atoms with Crippen LogP contribution in [0.3, 0.4) is 0 Å². The lowest BCUT2D eigenvalue weighted by Gasteiger charge is -2.29. The molecule has 0 amide bonds. The third-order valence-corrected chi connectivity index (χ3v) is 6.10. The quantitative estimate of drug-likeness (QED) is 0.697. The van der Waals surface area contributed by atoms with E-state index >= 15 is 0 Å². The van der Waals surface area contributed by atoms with E-state index in [1.807, 2.05) is 12.1 Å². The minimum Gasteiger partial charge on any atom is -0.478 e. The van der Waals surface area contributed by atoms with Crippen LogP contribution in [0.25, 0.3) is 5.57 Å². The van der Waals surface area contributed by atoms with Gasteiger partial charge in [-0.15, -0.1) is 0 Å². The van der Waals surface area contributed by atoms with Gasteiger partial charge in [0.1, 0.15) is 0 Å². The Balaban J connectivity index is 1.84. The first-order valence-corrected chi connectivity index (χ1v) is 9.56. The normalized spacial score (nSPS) is 14.3. The fourth-order valence-corrected chi connectivity index (χ4v) is 4.17. The highest BCUT2D eigenvalue weighted by Gasteiger charge is 2.17. The maximum atomic E-state index is 11.1. The zero-order valence-corrected chi connectivity index (χ0v) is 16.2. The number of carbonyl (C=O) groups is 1. The van der Waals surface area contributed by atoms with Crippen molar-refractivity contribution in [2.24, 2.45) is 0 Å². The molecular formula is C19H17Cl2NO3S. The van der Waals surface area contributed by atoms with Crippen molar-refractivity contribution in [1.82, 2.24) is 0 Å². The number of benzene rings is 2. The lowest BCUT2D eigenvalue weighted by Crippen LogP contribution is -2.36. The standard InChI is InChI=1S/C19H17Cl2NO3S/c1-12(19(23)24)15-5-6-16(18(21)17(15)20)26-14-4-2-3-13(11-14)22-7-9-25-10-8-22/h2-6,11H,1,7-10H2,(H,23,24). The van der Waals surface area contributed by atoms with E-state index in [-0.39, 0.29) is 10.6 Å². The summed E-state index contributed by atoms with van der Waals surface area (Å²) in [7, 11) is 0. The van der Waals surface area contributed by atoms with Crippen LogP contribution in [0.15, 0.2) is 52.8 Å². The Kier molecular flexibility index (Phi) is 6.14. The summed E-state index contributed by atoms with van der Waals surface area (Å²) < 4.78 is 5.40. The minimum atomic E-state index is -1.12. The predicted molar refractivity (Wildman–Crippen MR) is 107 cm³/mol. The van der Waals surface area contributed by atoms with Crippen molar-refractivity contribution in [2.75, 3.05) is 31.2 Å². The van der Waals surface area contributed by atoms with Gasteiger partial charge in [-0.2, -0.15) is 0 Å². The molecule has 1 heterocycles. The number of aliphatic carboxylic acids is 1. The van der Waals surface area contributed by atoms with Gasteiger partial charge in [-0.05, 0) is 24.3 Å². The van der Waals surface area contributed by atoms with Gasteiger partial charge in [0, 0.05) is 34.1 Å². The molecule has 1 fully saturated rings. The SMILES string of the molecule is C=C(C(=O)O)c1ccc(Sc2cccc(N3CCOCC3)c2)c(Cl)c1Cl. The van der Waals surface area contributed by atoms with E-state index < -0.39 is 5.97 Å². The lowest BCUT2D eigenvalue weighted by atomic mass is 10.1. The second-order valence-corrected chi connectivity index (χ2v) is 7.59. The van der Waals surface area contributed by atoms with Gasteiger partial charge in [-0.3, -0.25) is 0 Å². The largest absolute Gasteiger partial charge is 0.478 e. The minimum absolute atomic E-state index is 0.0808. The van der Waals surface area contributed by atoms with E-state index in [1.54, 1.807) is 12.1 Å². The van der Waals surface area contributed by atoms with Crippen molar-refractivity contribution in [3.8, 4) is 0 Å². The van der Waals surface area contributed by atoms with Crippen LogP contribution in [0, 0.1) is 0 Å². The molecule has 0 saturated carbocycles. The van der Waals surface area contributed by atoms with Gasteiger partial charge in [0.2, 0.25) is 0 Å². The number of rotatable bonds is 5. The molecule has 0 atom stereocenters. The van der Waals surface area contributed by atoms with Crippen molar-refractivity contribution in [2.45, 2.75) is 9.79 Å². The first kappa shape index (κ1) is 19.1. The fraction of sp³-hybridized carbons (Fsp3) is 0.211. The first-order valence-electron chi connectivity index (χ1n) is 7.98. The molecule has 1 saturated heterocycles. The molecule has 136 valence electrons. The Morgan fingerprint density at radius 2 is 1.88 bits per heavy atom. The second-order valence-electron chi connectivity index (χ2n) is 5.72. The number of anilines is 1. The Morgan fingerprint density at radius 3 is 2.58 bits per heavy atom. The van der Waals surface area contributed by atoms with E-state index in [2.05, 4.69) is 23.6 Å². The molecule has 1 aliphatic rings. The molecule has 2 aromatic rings. The summed E-state index contributed by atoms with van der Waals surface area (Å²) in [6, 6.07) is 11.6. The van der Waals surface area contributed by atoms with Crippen LogP contribution in [0.5, 0.6) is 0 Å². The van der Waals surface area contributed by atoms with Crippen molar-refractivity contribution in [3.63, 3.8) is 0 Å². The van der Waals surface area contributed by atoms with Crippen LogP contribution in [-0.4, -0.2) is 37.4 Å². The molecule has 4 nitrogen and oxygen atoms in total. The average Bonchev–Trinajstić information content (AvgIpc) is 2.66. The van der Waals surface area contributed by atoms with Gasteiger partial charge >= 0.3 is 5.97 Å². The Labute approximate surface area is 166 Å². The number of morpholine rings is 1. The maximum absolute atomic E-state index is 11.1. The van der Waals surface area contributed by atoms with Gasteiger partial charge in [-0.1, -0.05) is 53.7 Å². The Bertz CT molecular complexity index is 851. The average molecular weight is 410 g/mol. The van der Waals surface area contributed by atoms with Crippen LogP contribution in [0.2, 0.25) is 10.0 Å². The van der Waals surface area contributed by atoms with E-state index in [0.717, 1.165) is 41.8 Å². The number of hydrogen-bond donors (Lipinski definition) is 1. The van der Waals surface area contributed by atoms with Crippen LogP contribution in [-0.2, 0) is 9.53 Å². The molecule has 3 rings (SSSR count). The summed E-state index contributed by atoms with van der Waals surface area (Å²) in [5, 5.41) is 9.62. The van der Waals surface area contributed by atoms with Crippen LogP contribution in [0.1, 0.15) is 5.56 Å². The number of hydrogen-bond acceptors (Lipinski definition) is 4. The molecule has 0 bridgehead atoms. The summed E-state index contributed by atoms with van der Waals surface area (Å²) in [4.78, 5) is 15.2. The molecule has 0 aromatic heterocycles. The van der Waals surface area contributed by atoms with Crippen LogP contribution >= 0.6 is 35.0 Å². The summed E-state index contributed by atoms with van der Waals surface area (Å²) in [5.41, 5.74) is 1.38. The molecule has 0 spiro atoms. The van der Waals surface area contributed by atoms with Crippen LogP contribution < -0.4 is 4.90 Å². The summed E-state index contributed by atoms with van der Waals surface area (Å²) in [6.07, 6.45) is 0. The highest BCUT2D eigenvalue weighted by atomic mass is 35.5. The topological polar surface area (TPSA) is 49.8 Å². The molecule has 26 heavy (non-hydrogen) atoms. The molecule has 1 aliphatic heterocycles. The second kappa shape index (κ2) is 8.35. The third kappa shape index (κ3) is 4.18. The van der Waals surface area contributed by atoms with Gasteiger partial charge < -0.3 is 14.7 Å². The van der Waals surface area contributed by atoms with Crippen LogP contribution in [0.4, 0.5) is 5.69 Å². The van der Waals surface area contributed by atoms with E-state index in [9.17, 15) is 4.79 Å². The molecule has 1 N–H and O–H groups in total. The van der Waals surface area contributed by atoms with E-state index in [4.69, 9.17) is 33.0 Å². The van der Waals surface area contributed by atoms with Gasteiger partial charge in [0.15, 0.2) is 0 Å². The lowest BCUT2D eigenvalue weighted by molar-refractivity contribution is -0.130. The number of ether oxygens (including phenoxy) is 1. The van der Waals surface area contributed by atoms with Gasteiger partial charge in [0.25, 0.3) is 0 Å². The smallest absolute Gasteiger partial charge is 0.335 e. The van der Waals surface area contributed by atoms with Gasteiger partial charge in [0.05, 0.1) is 28.8 Å². The number of halogens is 2. The molecule has 0 unspecified atom stereocenters. The third-order valence-electron chi connectivity index (χ3n) is 4.05. The van der Waals surface area contributed by atoms with E-state index in [1.165, 1.54) is 11.8 Å². The zero-order valence-electron chi connectivity index (χ0n) is 13.9. The monoisotopic (exact) mass is 409 g/mol. The molecule has 0 aliphatic carbocycles. The summed E-state index contributed by atoms with van der Waals surface area (Å²) in [5.74, 6) is -1.12. The first-order chi connectivity index (χ1) is 12.5. The molecule has 0 radical (unpaired) electrons. The van der Waals surface area contributed by atoms with Crippen molar-refractivity contribution in [1.29, 1.82) is 0 Å². The summed E-state index contributed by atoms with van der Waals surface area (Å²) >= 11 is 14.1. The number of nitrogens with zero attached hydrogens (tertiary/aromatic N) is 1. The fourth-order valence-electron chi connectivity index (χ4n) is 2.65. The molecule has 2 aromatic carbocycles. The predicted octanol–water partition coefficient (Wildman–Crippen LogP) is 5.08. The van der Waals surface area contributed by atoms with E-state index in [0.29, 0.717) is 10.6 Å². The highest BCUT2D eigenvalue weighted by Crippen LogP contribution is 2.41. The highest BCUT2D eigenvalue weighted by molar-refractivity contribution is 7.99.